The third kappa shape index (κ3) is 4.14. The lowest BCUT2D eigenvalue weighted by Gasteiger charge is -2.33. The molecule has 1 unspecified atom stereocenters. The SMILES string of the molecule is CC(C)C(=O)N1CCOC(COc2ccc(F)cc2F)C1. The van der Waals surface area contributed by atoms with Crippen LogP contribution in [0.4, 0.5) is 8.78 Å². The predicted molar refractivity (Wildman–Crippen MR) is 73.0 cm³/mol. The Morgan fingerprint density at radius 1 is 1.48 bits per heavy atom. The van der Waals surface area contributed by atoms with Crippen LogP contribution in [0.3, 0.4) is 0 Å². The lowest BCUT2D eigenvalue weighted by atomic mass is 10.1. The average molecular weight is 299 g/mol. The van der Waals surface area contributed by atoms with Crippen molar-refractivity contribution in [2.45, 2.75) is 20.0 Å². The quantitative estimate of drug-likeness (QED) is 0.856. The molecule has 1 aliphatic heterocycles. The number of benzene rings is 1. The molecule has 6 heteroatoms. The number of carbonyl (C=O) groups excluding carboxylic acids is 1. The first-order valence-electron chi connectivity index (χ1n) is 6.95. The Morgan fingerprint density at radius 3 is 2.90 bits per heavy atom. The van der Waals surface area contributed by atoms with Gasteiger partial charge in [-0.25, -0.2) is 8.78 Å². The highest BCUT2D eigenvalue weighted by molar-refractivity contribution is 5.78. The predicted octanol–water partition coefficient (Wildman–Crippen LogP) is 2.23. The van der Waals surface area contributed by atoms with E-state index in [1.165, 1.54) is 6.07 Å². The van der Waals surface area contributed by atoms with E-state index >= 15 is 0 Å². The highest BCUT2D eigenvalue weighted by atomic mass is 19.1. The maximum Gasteiger partial charge on any atom is 0.225 e. The molecule has 116 valence electrons. The lowest BCUT2D eigenvalue weighted by molar-refractivity contribution is -0.143. The number of ether oxygens (including phenoxy) is 2. The van der Waals surface area contributed by atoms with Crippen LogP contribution in [-0.2, 0) is 9.53 Å². The van der Waals surface area contributed by atoms with Gasteiger partial charge in [-0.3, -0.25) is 4.79 Å². The molecule has 1 atom stereocenters. The van der Waals surface area contributed by atoms with Crippen molar-refractivity contribution in [3.05, 3.63) is 29.8 Å². The molecule has 0 spiro atoms. The normalized spacial score (nSPS) is 18.9. The van der Waals surface area contributed by atoms with Gasteiger partial charge in [0.25, 0.3) is 0 Å². The van der Waals surface area contributed by atoms with Crippen LogP contribution < -0.4 is 4.74 Å². The Bertz CT molecular complexity index is 508. The number of morpholine rings is 1. The fourth-order valence-corrected chi connectivity index (χ4v) is 2.16. The second-order valence-corrected chi connectivity index (χ2v) is 5.32. The van der Waals surface area contributed by atoms with Gasteiger partial charge in [-0.15, -0.1) is 0 Å². The van der Waals surface area contributed by atoms with Gasteiger partial charge < -0.3 is 14.4 Å². The molecule has 0 N–H and O–H groups in total. The summed E-state index contributed by atoms with van der Waals surface area (Å²) in [6.07, 6.45) is -0.314. The van der Waals surface area contributed by atoms with E-state index in [9.17, 15) is 13.6 Å². The minimum absolute atomic E-state index is 0.0210. The summed E-state index contributed by atoms with van der Waals surface area (Å²) in [4.78, 5) is 13.7. The average Bonchev–Trinajstić information content (AvgIpc) is 2.45. The van der Waals surface area contributed by atoms with Crippen LogP contribution in [0.1, 0.15) is 13.8 Å². The first-order chi connectivity index (χ1) is 9.97. The smallest absolute Gasteiger partial charge is 0.225 e. The Hall–Kier alpha value is -1.69. The molecule has 1 aromatic rings. The van der Waals surface area contributed by atoms with Gasteiger partial charge in [0.2, 0.25) is 5.91 Å². The minimum Gasteiger partial charge on any atom is -0.488 e. The molecule has 4 nitrogen and oxygen atoms in total. The first-order valence-corrected chi connectivity index (χ1v) is 6.95. The molecule has 21 heavy (non-hydrogen) atoms. The number of nitrogens with zero attached hydrogens (tertiary/aromatic N) is 1. The molecule has 1 saturated heterocycles. The zero-order chi connectivity index (χ0) is 15.4. The molecule has 0 bridgehead atoms. The highest BCUT2D eigenvalue weighted by Crippen LogP contribution is 2.19. The second kappa shape index (κ2) is 6.85. The van der Waals surface area contributed by atoms with Gasteiger partial charge in [0.15, 0.2) is 11.6 Å². The van der Waals surface area contributed by atoms with Crippen molar-refractivity contribution in [1.82, 2.24) is 4.90 Å². The molecular weight excluding hydrogens is 280 g/mol. The lowest BCUT2D eigenvalue weighted by Crippen LogP contribution is -2.48. The Balaban J connectivity index is 1.89. The fourth-order valence-electron chi connectivity index (χ4n) is 2.16. The summed E-state index contributed by atoms with van der Waals surface area (Å²) in [5.41, 5.74) is 0. The Labute approximate surface area is 122 Å². The van der Waals surface area contributed by atoms with Crippen molar-refractivity contribution in [3.8, 4) is 5.75 Å². The van der Waals surface area contributed by atoms with Crippen LogP contribution in [0.15, 0.2) is 18.2 Å². The molecule has 1 aliphatic rings. The summed E-state index contributed by atoms with van der Waals surface area (Å²) in [5, 5.41) is 0. The molecule has 1 amide bonds. The van der Waals surface area contributed by atoms with E-state index < -0.39 is 11.6 Å². The van der Waals surface area contributed by atoms with Crippen molar-refractivity contribution in [2.24, 2.45) is 5.92 Å². The van der Waals surface area contributed by atoms with Crippen molar-refractivity contribution >= 4 is 5.91 Å². The molecule has 1 fully saturated rings. The molecule has 1 heterocycles. The van der Waals surface area contributed by atoms with Crippen molar-refractivity contribution < 1.29 is 23.0 Å². The van der Waals surface area contributed by atoms with Crippen molar-refractivity contribution in [1.29, 1.82) is 0 Å². The van der Waals surface area contributed by atoms with Crippen LogP contribution >= 0.6 is 0 Å². The zero-order valence-electron chi connectivity index (χ0n) is 12.1. The van der Waals surface area contributed by atoms with Gasteiger partial charge in [0.05, 0.1) is 13.2 Å². The number of hydrogen-bond acceptors (Lipinski definition) is 3. The Kier molecular flexibility index (Phi) is 5.12. The third-order valence-electron chi connectivity index (χ3n) is 3.26. The summed E-state index contributed by atoms with van der Waals surface area (Å²) in [7, 11) is 0. The number of amides is 1. The Morgan fingerprint density at radius 2 is 2.24 bits per heavy atom. The molecular formula is C15H19F2NO3. The van der Waals surface area contributed by atoms with Gasteiger partial charge >= 0.3 is 0 Å². The second-order valence-electron chi connectivity index (χ2n) is 5.32. The summed E-state index contributed by atoms with van der Waals surface area (Å²) in [6, 6.07) is 3.14. The monoisotopic (exact) mass is 299 g/mol. The van der Waals surface area contributed by atoms with Crippen LogP contribution in [0.5, 0.6) is 5.75 Å². The summed E-state index contributed by atoms with van der Waals surface area (Å²) >= 11 is 0. The number of rotatable bonds is 4. The summed E-state index contributed by atoms with van der Waals surface area (Å²) in [5.74, 6) is -1.42. The molecule has 2 rings (SSSR count). The minimum atomic E-state index is -0.749. The maximum atomic E-state index is 13.4. The van der Waals surface area contributed by atoms with Crippen molar-refractivity contribution in [3.63, 3.8) is 0 Å². The fraction of sp³-hybridized carbons (Fsp3) is 0.533. The van der Waals surface area contributed by atoms with Gasteiger partial charge in [-0.1, -0.05) is 13.8 Å². The molecule has 0 aromatic heterocycles. The molecule has 0 saturated carbocycles. The van der Waals surface area contributed by atoms with E-state index in [-0.39, 0.29) is 30.3 Å². The highest BCUT2D eigenvalue weighted by Gasteiger charge is 2.26. The molecule has 1 aromatic carbocycles. The number of halogens is 2. The van der Waals surface area contributed by atoms with E-state index in [4.69, 9.17) is 9.47 Å². The van der Waals surface area contributed by atoms with Crippen LogP contribution in [0, 0.1) is 17.6 Å². The van der Waals surface area contributed by atoms with Gasteiger partial charge in [0.1, 0.15) is 18.5 Å². The molecule has 0 aliphatic carbocycles. The molecule has 0 radical (unpaired) electrons. The van der Waals surface area contributed by atoms with Gasteiger partial charge in [-0.05, 0) is 12.1 Å². The largest absolute Gasteiger partial charge is 0.488 e. The van der Waals surface area contributed by atoms with Crippen LogP contribution in [-0.4, -0.2) is 43.2 Å². The number of hydrogen-bond donors (Lipinski definition) is 0. The maximum absolute atomic E-state index is 13.4. The zero-order valence-corrected chi connectivity index (χ0v) is 12.1. The summed E-state index contributed by atoms with van der Waals surface area (Å²) < 4.78 is 37.1. The van der Waals surface area contributed by atoms with Crippen LogP contribution in [0.2, 0.25) is 0 Å². The van der Waals surface area contributed by atoms with Gasteiger partial charge in [-0.2, -0.15) is 0 Å². The number of carbonyl (C=O) groups is 1. The van der Waals surface area contributed by atoms with Crippen LogP contribution in [0.25, 0.3) is 0 Å². The standard InChI is InChI=1S/C15H19F2NO3/c1-10(2)15(19)18-5-6-20-12(8-18)9-21-14-4-3-11(16)7-13(14)17/h3-4,7,10,12H,5-6,8-9H2,1-2H3. The van der Waals surface area contributed by atoms with E-state index in [2.05, 4.69) is 0 Å². The van der Waals surface area contributed by atoms with E-state index in [1.807, 2.05) is 13.8 Å². The topological polar surface area (TPSA) is 38.8 Å². The van der Waals surface area contributed by atoms with Crippen molar-refractivity contribution in [2.75, 3.05) is 26.3 Å². The first kappa shape index (κ1) is 15.7. The van der Waals surface area contributed by atoms with E-state index in [0.717, 1.165) is 12.1 Å². The van der Waals surface area contributed by atoms with Gasteiger partial charge in [0, 0.05) is 18.5 Å². The third-order valence-corrected chi connectivity index (χ3v) is 3.26. The van der Waals surface area contributed by atoms with E-state index in [0.29, 0.717) is 19.7 Å². The van der Waals surface area contributed by atoms with E-state index in [1.54, 1.807) is 4.90 Å². The summed E-state index contributed by atoms with van der Waals surface area (Å²) in [6.45, 7) is 5.20.